The van der Waals surface area contributed by atoms with Gasteiger partial charge in [0.2, 0.25) is 0 Å². The largest absolute Gasteiger partial charge is 0.507 e. The highest BCUT2D eigenvalue weighted by Gasteiger charge is 1.95. The first-order chi connectivity index (χ1) is 6.62. The molecule has 0 spiro atoms. The van der Waals surface area contributed by atoms with Gasteiger partial charge in [-0.1, -0.05) is 13.8 Å². The van der Waals surface area contributed by atoms with Crippen LogP contribution in [0.4, 0.5) is 4.79 Å². The lowest BCUT2D eigenvalue weighted by atomic mass is 10.5. The molecule has 0 saturated carbocycles. The van der Waals surface area contributed by atoms with E-state index in [-0.39, 0.29) is 5.97 Å². The fourth-order valence-electron chi connectivity index (χ4n) is 0.389. The van der Waals surface area contributed by atoms with Gasteiger partial charge in [0, 0.05) is 6.42 Å². The molecule has 84 valence electrons. The third-order valence-corrected chi connectivity index (χ3v) is 1.11. The number of ether oxygens (including phenoxy) is 3. The van der Waals surface area contributed by atoms with Gasteiger partial charge in [0.15, 0.2) is 0 Å². The summed E-state index contributed by atoms with van der Waals surface area (Å²) in [4.78, 5) is 20.1. The van der Waals surface area contributed by atoms with Crippen molar-refractivity contribution in [2.75, 3.05) is 20.8 Å². The van der Waals surface area contributed by atoms with E-state index in [0.29, 0.717) is 13.0 Å². The van der Waals surface area contributed by atoms with E-state index in [1.807, 2.05) is 6.92 Å². The summed E-state index contributed by atoms with van der Waals surface area (Å²) in [7, 11) is 2.67. The smallest absolute Gasteiger partial charge is 0.469 e. The lowest BCUT2D eigenvalue weighted by Crippen LogP contribution is -2.03. The molecule has 0 aliphatic carbocycles. The van der Waals surface area contributed by atoms with E-state index in [0.717, 1.165) is 6.42 Å². The molecule has 5 nitrogen and oxygen atoms in total. The summed E-state index contributed by atoms with van der Waals surface area (Å²) >= 11 is 0. The first-order valence-corrected chi connectivity index (χ1v) is 4.39. The average molecular weight is 206 g/mol. The summed E-state index contributed by atoms with van der Waals surface area (Å²) in [5.41, 5.74) is 0. The SMILES string of the molecule is CCC(=O)OC.CCCOC(=O)OC. The highest BCUT2D eigenvalue weighted by Crippen LogP contribution is 1.83. The first kappa shape index (κ1) is 15.2. The van der Waals surface area contributed by atoms with Crippen molar-refractivity contribution in [3.8, 4) is 0 Å². The Morgan fingerprint density at radius 2 is 1.64 bits per heavy atom. The van der Waals surface area contributed by atoms with Gasteiger partial charge in [0.05, 0.1) is 20.8 Å². The third-order valence-electron chi connectivity index (χ3n) is 1.11. The Bertz CT molecular complexity index is 149. The fourth-order valence-corrected chi connectivity index (χ4v) is 0.389. The first-order valence-electron chi connectivity index (χ1n) is 4.39. The van der Waals surface area contributed by atoms with Crippen molar-refractivity contribution in [1.29, 1.82) is 0 Å². The van der Waals surface area contributed by atoms with E-state index in [1.165, 1.54) is 14.2 Å². The van der Waals surface area contributed by atoms with Gasteiger partial charge in [-0.15, -0.1) is 0 Å². The maximum Gasteiger partial charge on any atom is 0.507 e. The van der Waals surface area contributed by atoms with E-state index >= 15 is 0 Å². The minimum Gasteiger partial charge on any atom is -0.469 e. The van der Waals surface area contributed by atoms with Crippen LogP contribution in [0.25, 0.3) is 0 Å². The van der Waals surface area contributed by atoms with Gasteiger partial charge < -0.3 is 14.2 Å². The summed E-state index contributed by atoms with van der Waals surface area (Å²) < 4.78 is 12.9. The standard InChI is InChI=1S/C5H10O3.C4H8O2/c1-3-4-8-5(6)7-2;1-3-4(5)6-2/h3-4H2,1-2H3;3H2,1-2H3. The molecule has 0 bridgehead atoms. The summed E-state index contributed by atoms with van der Waals surface area (Å²) in [6, 6.07) is 0. The van der Waals surface area contributed by atoms with Crippen LogP contribution in [-0.2, 0) is 19.0 Å². The van der Waals surface area contributed by atoms with Crippen molar-refractivity contribution in [3.05, 3.63) is 0 Å². The highest BCUT2D eigenvalue weighted by molar-refractivity contribution is 5.68. The van der Waals surface area contributed by atoms with Gasteiger partial charge >= 0.3 is 12.1 Å². The zero-order valence-corrected chi connectivity index (χ0v) is 9.16. The van der Waals surface area contributed by atoms with Crippen molar-refractivity contribution < 1.29 is 23.8 Å². The van der Waals surface area contributed by atoms with Crippen LogP contribution in [-0.4, -0.2) is 33.0 Å². The molecule has 0 aromatic carbocycles. The molecule has 0 N–H and O–H groups in total. The predicted molar refractivity (Wildman–Crippen MR) is 51.0 cm³/mol. The monoisotopic (exact) mass is 206 g/mol. The van der Waals surface area contributed by atoms with E-state index < -0.39 is 6.16 Å². The quantitative estimate of drug-likeness (QED) is 0.658. The number of hydrogen-bond acceptors (Lipinski definition) is 5. The summed E-state index contributed by atoms with van der Waals surface area (Å²) in [6.45, 7) is 4.11. The van der Waals surface area contributed by atoms with Crippen molar-refractivity contribution in [1.82, 2.24) is 0 Å². The maximum absolute atomic E-state index is 10.1. The Kier molecular flexibility index (Phi) is 12.8. The van der Waals surface area contributed by atoms with Gasteiger partial charge in [-0.3, -0.25) is 4.79 Å². The molecule has 5 heteroatoms. The van der Waals surface area contributed by atoms with E-state index in [1.54, 1.807) is 6.92 Å². The molecular formula is C9H18O5. The zero-order chi connectivity index (χ0) is 11.4. The molecule has 0 radical (unpaired) electrons. The molecule has 14 heavy (non-hydrogen) atoms. The van der Waals surface area contributed by atoms with Crippen molar-refractivity contribution in [2.24, 2.45) is 0 Å². The second kappa shape index (κ2) is 11.7. The predicted octanol–water partition coefficient (Wildman–Crippen LogP) is 1.75. The lowest BCUT2D eigenvalue weighted by molar-refractivity contribution is -0.140. The maximum atomic E-state index is 10.1. The number of rotatable bonds is 3. The van der Waals surface area contributed by atoms with Crippen LogP contribution in [0.2, 0.25) is 0 Å². The Balaban J connectivity index is 0. The van der Waals surface area contributed by atoms with Crippen molar-refractivity contribution in [3.63, 3.8) is 0 Å². The molecule has 0 aliphatic rings. The Hall–Kier alpha value is -1.26. The second-order valence-corrected chi connectivity index (χ2v) is 2.23. The van der Waals surface area contributed by atoms with E-state index in [4.69, 9.17) is 0 Å². The fraction of sp³-hybridized carbons (Fsp3) is 0.778. The molecule has 0 saturated heterocycles. The highest BCUT2D eigenvalue weighted by atomic mass is 16.7. The van der Waals surface area contributed by atoms with Crippen LogP contribution in [0.1, 0.15) is 26.7 Å². The molecular weight excluding hydrogens is 188 g/mol. The molecule has 0 amide bonds. The number of carbonyl (C=O) groups is 2. The molecule has 0 aromatic heterocycles. The third kappa shape index (κ3) is 13.3. The van der Waals surface area contributed by atoms with Crippen LogP contribution in [0.3, 0.4) is 0 Å². The Morgan fingerprint density at radius 3 is 1.86 bits per heavy atom. The van der Waals surface area contributed by atoms with Crippen molar-refractivity contribution in [2.45, 2.75) is 26.7 Å². The lowest BCUT2D eigenvalue weighted by Gasteiger charge is -1.97. The number of carbonyl (C=O) groups excluding carboxylic acids is 2. The van der Waals surface area contributed by atoms with Crippen LogP contribution >= 0.6 is 0 Å². The molecule has 0 fully saturated rings. The molecule has 0 aliphatic heterocycles. The van der Waals surface area contributed by atoms with Crippen molar-refractivity contribution >= 4 is 12.1 Å². The molecule has 0 aromatic rings. The zero-order valence-electron chi connectivity index (χ0n) is 9.16. The number of methoxy groups -OCH3 is 2. The van der Waals surface area contributed by atoms with Gasteiger partial charge in [-0.2, -0.15) is 0 Å². The van der Waals surface area contributed by atoms with Crippen LogP contribution in [0.5, 0.6) is 0 Å². The van der Waals surface area contributed by atoms with Crippen LogP contribution < -0.4 is 0 Å². The van der Waals surface area contributed by atoms with Gasteiger partial charge in [-0.25, -0.2) is 4.79 Å². The Morgan fingerprint density at radius 1 is 1.07 bits per heavy atom. The number of hydrogen-bond donors (Lipinski definition) is 0. The van der Waals surface area contributed by atoms with E-state index in [2.05, 4.69) is 14.2 Å². The summed E-state index contributed by atoms with van der Waals surface area (Å²) in [6.07, 6.45) is 0.692. The number of esters is 1. The molecule has 0 heterocycles. The normalized spacial score (nSPS) is 8.00. The summed E-state index contributed by atoms with van der Waals surface area (Å²) in [5, 5.41) is 0. The summed E-state index contributed by atoms with van der Waals surface area (Å²) in [5.74, 6) is -0.157. The minimum atomic E-state index is -0.605. The van der Waals surface area contributed by atoms with E-state index in [9.17, 15) is 9.59 Å². The topological polar surface area (TPSA) is 61.8 Å². The van der Waals surface area contributed by atoms with Crippen LogP contribution in [0.15, 0.2) is 0 Å². The average Bonchev–Trinajstić information content (AvgIpc) is 2.25. The van der Waals surface area contributed by atoms with Gasteiger partial charge in [0.25, 0.3) is 0 Å². The van der Waals surface area contributed by atoms with Gasteiger partial charge in [-0.05, 0) is 6.42 Å². The molecule has 0 unspecified atom stereocenters. The Labute approximate surface area is 84.3 Å². The van der Waals surface area contributed by atoms with Crippen LogP contribution in [0, 0.1) is 0 Å². The molecule has 0 atom stereocenters. The minimum absolute atomic E-state index is 0.157. The van der Waals surface area contributed by atoms with Gasteiger partial charge in [0.1, 0.15) is 0 Å². The second-order valence-electron chi connectivity index (χ2n) is 2.23. The molecule has 0 rings (SSSR count).